The second kappa shape index (κ2) is 8.99. The van der Waals surface area contributed by atoms with E-state index in [1.165, 1.54) is 37.1 Å². The van der Waals surface area contributed by atoms with Crippen LogP contribution in [0.15, 0.2) is 41.6 Å². The molecule has 0 aliphatic rings. The number of methoxy groups -OCH3 is 2. The van der Waals surface area contributed by atoms with E-state index < -0.39 is 5.82 Å². The highest BCUT2D eigenvalue weighted by Crippen LogP contribution is 2.35. The van der Waals surface area contributed by atoms with Crippen LogP contribution in [0.1, 0.15) is 5.56 Å². The van der Waals surface area contributed by atoms with Crippen molar-refractivity contribution in [3.63, 3.8) is 0 Å². The number of hydrogen-bond acceptors (Lipinski definition) is 7. The summed E-state index contributed by atoms with van der Waals surface area (Å²) in [6.45, 7) is 0. The van der Waals surface area contributed by atoms with Gasteiger partial charge in [0.25, 0.3) is 0 Å². The van der Waals surface area contributed by atoms with Crippen LogP contribution >= 0.6 is 23.4 Å². The summed E-state index contributed by atoms with van der Waals surface area (Å²) in [6, 6.07) is 11.6. The largest absolute Gasteiger partial charge is 0.493 e. The van der Waals surface area contributed by atoms with Crippen molar-refractivity contribution >= 4 is 34.9 Å². The highest BCUT2D eigenvalue weighted by atomic mass is 35.5. The fourth-order valence-corrected chi connectivity index (χ4v) is 3.18. The van der Waals surface area contributed by atoms with E-state index in [9.17, 15) is 9.65 Å². The van der Waals surface area contributed by atoms with E-state index in [4.69, 9.17) is 21.1 Å². The predicted molar refractivity (Wildman–Crippen MR) is 112 cm³/mol. The van der Waals surface area contributed by atoms with Crippen LogP contribution in [0.3, 0.4) is 0 Å². The highest BCUT2D eigenvalue weighted by molar-refractivity contribution is 7.98. The standard InChI is InChI=1S/C20H16ClFN4O2S/c1-27-16-7-4-11(8-17(16)28-2)18-13(10-23)19(26-20(25-18)29-3)24-12-5-6-15(22)14(21)9-12/h4-9H,1-3H3,(H,24,25,26). The molecule has 1 heterocycles. The molecule has 0 atom stereocenters. The number of nitrogens with zero attached hydrogens (tertiary/aromatic N) is 3. The van der Waals surface area contributed by atoms with Crippen LogP contribution in [0.5, 0.6) is 11.5 Å². The van der Waals surface area contributed by atoms with Crippen molar-refractivity contribution in [2.75, 3.05) is 25.8 Å². The molecular weight excluding hydrogens is 415 g/mol. The Balaban J connectivity index is 2.14. The second-order valence-electron chi connectivity index (χ2n) is 5.72. The van der Waals surface area contributed by atoms with E-state index >= 15 is 0 Å². The van der Waals surface area contributed by atoms with E-state index in [-0.39, 0.29) is 10.6 Å². The third-order valence-corrected chi connectivity index (χ3v) is 4.86. The normalized spacial score (nSPS) is 10.3. The van der Waals surface area contributed by atoms with Crippen molar-refractivity contribution in [3.05, 3.63) is 52.8 Å². The van der Waals surface area contributed by atoms with Crippen LogP contribution in [0.4, 0.5) is 15.9 Å². The summed E-state index contributed by atoms with van der Waals surface area (Å²) in [6.07, 6.45) is 1.83. The van der Waals surface area contributed by atoms with Crippen molar-refractivity contribution < 1.29 is 13.9 Å². The molecule has 0 saturated heterocycles. The highest BCUT2D eigenvalue weighted by Gasteiger charge is 2.18. The average molecular weight is 431 g/mol. The lowest BCUT2D eigenvalue weighted by atomic mass is 10.1. The third-order valence-electron chi connectivity index (χ3n) is 4.02. The number of halogens is 2. The Bertz CT molecular complexity index is 1100. The van der Waals surface area contributed by atoms with E-state index in [1.807, 2.05) is 6.26 Å². The summed E-state index contributed by atoms with van der Waals surface area (Å²) in [7, 11) is 3.08. The van der Waals surface area contributed by atoms with Gasteiger partial charge in [-0.05, 0) is 42.7 Å². The predicted octanol–water partition coefficient (Wildman–Crippen LogP) is 5.29. The molecule has 3 rings (SSSR count). The number of benzene rings is 2. The third kappa shape index (κ3) is 4.36. The molecule has 0 amide bonds. The molecule has 0 unspecified atom stereocenters. The minimum Gasteiger partial charge on any atom is -0.493 e. The maximum Gasteiger partial charge on any atom is 0.189 e. The molecule has 0 aliphatic heterocycles. The quantitative estimate of drug-likeness (QED) is 0.420. The van der Waals surface area contributed by atoms with E-state index in [1.54, 1.807) is 25.3 Å². The lowest BCUT2D eigenvalue weighted by molar-refractivity contribution is 0.355. The van der Waals surface area contributed by atoms with Crippen LogP contribution in [-0.4, -0.2) is 30.4 Å². The van der Waals surface area contributed by atoms with Crippen molar-refractivity contribution in [2.45, 2.75) is 5.16 Å². The molecule has 1 N–H and O–H groups in total. The van der Waals surface area contributed by atoms with Crippen LogP contribution in [-0.2, 0) is 0 Å². The summed E-state index contributed by atoms with van der Waals surface area (Å²) in [5, 5.41) is 13.3. The minimum atomic E-state index is -0.531. The van der Waals surface area contributed by atoms with Crippen molar-refractivity contribution in [2.24, 2.45) is 0 Å². The van der Waals surface area contributed by atoms with Gasteiger partial charge in [0.1, 0.15) is 17.4 Å². The SMILES string of the molecule is COc1ccc(-c2nc(SC)nc(Nc3ccc(F)c(Cl)c3)c2C#N)cc1OC. The molecule has 0 aliphatic carbocycles. The van der Waals surface area contributed by atoms with Gasteiger partial charge in [-0.25, -0.2) is 14.4 Å². The summed E-state index contributed by atoms with van der Waals surface area (Å²) < 4.78 is 24.1. The molecular formula is C20H16ClFN4O2S. The Morgan fingerprint density at radius 2 is 1.86 bits per heavy atom. The van der Waals surface area contributed by atoms with E-state index in [0.29, 0.717) is 39.4 Å². The number of anilines is 2. The molecule has 9 heteroatoms. The van der Waals surface area contributed by atoms with Crippen molar-refractivity contribution in [1.82, 2.24) is 9.97 Å². The molecule has 6 nitrogen and oxygen atoms in total. The van der Waals surface area contributed by atoms with Gasteiger partial charge >= 0.3 is 0 Å². The zero-order valence-electron chi connectivity index (χ0n) is 15.8. The van der Waals surface area contributed by atoms with E-state index in [2.05, 4.69) is 21.4 Å². The van der Waals surface area contributed by atoms with Gasteiger partial charge in [0.05, 0.1) is 24.9 Å². The van der Waals surface area contributed by atoms with Gasteiger partial charge in [0.15, 0.2) is 22.5 Å². The average Bonchev–Trinajstić information content (AvgIpc) is 2.75. The number of nitriles is 1. The van der Waals surface area contributed by atoms with Crippen LogP contribution in [0, 0.1) is 17.1 Å². The molecule has 0 spiro atoms. The van der Waals surface area contributed by atoms with Gasteiger partial charge in [-0.1, -0.05) is 23.4 Å². The van der Waals surface area contributed by atoms with Crippen LogP contribution in [0.25, 0.3) is 11.3 Å². The first-order valence-corrected chi connectivity index (χ1v) is 9.91. The first-order chi connectivity index (χ1) is 14.0. The monoisotopic (exact) mass is 430 g/mol. The van der Waals surface area contributed by atoms with Gasteiger partial charge in [0, 0.05) is 11.3 Å². The minimum absolute atomic E-state index is 0.0345. The summed E-state index contributed by atoms with van der Waals surface area (Å²) in [5.41, 5.74) is 1.83. The summed E-state index contributed by atoms with van der Waals surface area (Å²) >= 11 is 7.19. The Morgan fingerprint density at radius 3 is 2.48 bits per heavy atom. The zero-order chi connectivity index (χ0) is 21.0. The first kappa shape index (κ1) is 20.7. The Morgan fingerprint density at radius 1 is 1.10 bits per heavy atom. The van der Waals surface area contributed by atoms with Crippen molar-refractivity contribution in [1.29, 1.82) is 5.26 Å². The number of aromatic nitrogens is 2. The molecule has 2 aromatic carbocycles. The summed E-state index contributed by atoms with van der Waals surface area (Å²) in [4.78, 5) is 8.90. The molecule has 3 aromatic rings. The topological polar surface area (TPSA) is 80.1 Å². The van der Waals surface area contributed by atoms with Gasteiger partial charge < -0.3 is 14.8 Å². The molecule has 29 heavy (non-hydrogen) atoms. The van der Waals surface area contributed by atoms with Crippen LogP contribution in [0.2, 0.25) is 5.02 Å². The Labute approximate surface area is 176 Å². The van der Waals surface area contributed by atoms with Gasteiger partial charge in [-0.15, -0.1) is 0 Å². The molecule has 0 bridgehead atoms. The zero-order valence-corrected chi connectivity index (χ0v) is 17.4. The Hall–Kier alpha value is -3.02. The lowest BCUT2D eigenvalue weighted by Gasteiger charge is -2.14. The number of nitrogens with one attached hydrogen (secondary N) is 1. The molecule has 1 aromatic heterocycles. The molecule has 0 fully saturated rings. The summed E-state index contributed by atoms with van der Waals surface area (Å²) in [5.74, 6) is 0.835. The number of hydrogen-bond donors (Lipinski definition) is 1. The maximum absolute atomic E-state index is 13.5. The molecule has 0 radical (unpaired) electrons. The van der Waals surface area contributed by atoms with Gasteiger partial charge in [-0.3, -0.25) is 0 Å². The van der Waals surface area contributed by atoms with Gasteiger partial charge in [0.2, 0.25) is 0 Å². The van der Waals surface area contributed by atoms with Crippen molar-refractivity contribution in [3.8, 4) is 28.8 Å². The molecule has 0 saturated carbocycles. The van der Waals surface area contributed by atoms with Gasteiger partial charge in [-0.2, -0.15) is 5.26 Å². The number of rotatable bonds is 6. The maximum atomic E-state index is 13.5. The number of ether oxygens (including phenoxy) is 2. The van der Waals surface area contributed by atoms with E-state index in [0.717, 1.165) is 0 Å². The lowest BCUT2D eigenvalue weighted by Crippen LogP contribution is -2.04. The smallest absolute Gasteiger partial charge is 0.189 e. The Kier molecular flexibility index (Phi) is 6.42. The molecule has 148 valence electrons. The first-order valence-electron chi connectivity index (χ1n) is 8.31. The van der Waals surface area contributed by atoms with Crippen LogP contribution < -0.4 is 14.8 Å². The second-order valence-corrected chi connectivity index (χ2v) is 6.90. The fraction of sp³-hybridized carbons (Fsp3) is 0.150. The number of thioether (sulfide) groups is 1. The fourth-order valence-electron chi connectivity index (χ4n) is 2.63.